The van der Waals surface area contributed by atoms with Gasteiger partial charge in [0.05, 0.1) is 17.8 Å². The van der Waals surface area contributed by atoms with E-state index in [0.29, 0.717) is 17.9 Å². The normalized spacial score (nSPS) is 11.9. The second-order valence-corrected chi connectivity index (χ2v) is 6.73. The van der Waals surface area contributed by atoms with Crippen molar-refractivity contribution < 1.29 is 4.74 Å². The van der Waals surface area contributed by atoms with Crippen LogP contribution in [0.5, 0.6) is 5.75 Å². The summed E-state index contributed by atoms with van der Waals surface area (Å²) in [4.78, 5) is 7.54. The van der Waals surface area contributed by atoms with Gasteiger partial charge in [-0.05, 0) is 41.8 Å². The summed E-state index contributed by atoms with van der Waals surface area (Å²) in [6, 6.07) is 19.5. The van der Waals surface area contributed by atoms with E-state index in [1.165, 1.54) is 10.9 Å². The summed E-state index contributed by atoms with van der Waals surface area (Å²) in [5, 5.41) is 10.1. The second-order valence-electron chi connectivity index (χ2n) is 6.73. The average Bonchev–Trinajstić information content (AvgIpc) is 3.15. The number of nitrogens with two attached hydrogens (primary N) is 1. The van der Waals surface area contributed by atoms with Crippen molar-refractivity contribution in [2.45, 2.75) is 12.5 Å². The minimum Gasteiger partial charge on any atom is -0.490 e. The number of nitrogens with one attached hydrogen (secondary N) is 1. The molecule has 0 bridgehead atoms. The maximum absolute atomic E-state index is 8.92. The maximum atomic E-state index is 8.92. The summed E-state index contributed by atoms with van der Waals surface area (Å²) in [6.07, 6.45) is 6.20. The zero-order valence-corrected chi connectivity index (χ0v) is 15.3. The first-order valence-corrected chi connectivity index (χ1v) is 9.12. The third-order valence-electron chi connectivity index (χ3n) is 4.68. The van der Waals surface area contributed by atoms with Gasteiger partial charge < -0.3 is 15.5 Å². The summed E-state index contributed by atoms with van der Waals surface area (Å²) in [7, 11) is 0. The van der Waals surface area contributed by atoms with E-state index in [1.807, 2.05) is 36.5 Å². The molecule has 2 heterocycles. The lowest BCUT2D eigenvalue weighted by Crippen LogP contribution is -2.30. The summed E-state index contributed by atoms with van der Waals surface area (Å²) in [5.74, 6) is 0.677. The van der Waals surface area contributed by atoms with Crippen molar-refractivity contribution in [2.75, 3.05) is 6.61 Å². The van der Waals surface area contributed by atoms with Crippen LogP contribution in [0.2, 0.25) is 0 Å². The predicted octanol–water partition coefficient (Wildman–Crippen LogP) is 4.05. The molecule has 0 fully saturated rings. The van der Waals surface area contributed by atoms with Crippen molar-refractivity contribution in [1.82, 2.24) is 9.97 Å². The summed E-state index contributed by atoms with van der Waals surface area (Å²) < 4.78 is 5.89. The highest BCUT2D eigenvalue weighted by atomic mass is 16.5. The molecule has 2 aromatic carbocycles. The van der Waals surface area contributed by atoms with Gasteiger partial charge in [0, 0.05) is 34.9 Å². The number of rotatable bonds is 6. The Morgan fingerprint density at radius 1 is 1.07 bits per heavy atom. The Morgan fingerprint density at radius 2 is 1.89 bits per heavy atom. The van der Waals surface area contributed by atoms with Crippen LogP contribution in [0.4, 0.5) is 0 Å². The lowest BCUT2D eigenvalue weighted by Gasteiger charge is -2.13. The molecule has 0 aliphatic heterocycles. The molecule has 0 spiro atoms. The monoisotopic (exact) mass is 368 g/mol. The van der Waals surface area contributed by atoms with Crippen LogP contribution in [0.25, 0.3) is 22.0 Å². The van der Waals surface area contributed by atoms with Gasteiger partial charge in [0.2, 0.25) is 0 Å². The third kappa shape index (κ3) is 3.88. The molecule has 0 amide bonds. The third-order valence-corrected chi connectivity index (χ3v) is 4.68. The first-order chi connectivity index (χ1) is 13.7. The molecule has 1 atom stereocenters. The van der Waals surface area contributed by atoms with Crippen molar-refractivity contribution in [2.24, 2.45) is 5.73 Å². The predicted molar refractivity (Wildman–Crippen MR) is 110 cm³/mol. The largest absolute Gasteiger partial charge is 0.490 e. The van der Waals surface area contributed by atoms with Crippen molar-refractivity contribution in [3.8, 4) is 22.9 Å². The molecule has 0 saturated heterocycles. The Labute approximate surface area is 163 Å². The first-order valence-electron chi connectivity index (χ1n) is 9.12. The number of aromatic amines is 1. The van der Waals surface area contributed by atoms with Crippen molar-refractivity contribution in [1.29, 1.82) is 5.26 Å². The summed E-state index contributed by atoms with van der Waals surface area (Å²) in [6.45, 7) is 0.401. The fourth-order valence-electron chi connectivity index (χ4n) is 3.24. The van der Waals surface area contributed by atoms with E-state index < -0.39 is 0 Å². The topological polar surface area (TPSA) is 87.7 Å². The number of hydrogen-bond donors (Lipinski definition) is 2. The Balaban J connectivity index is 1.41. The van der Waals surface area contributed by atoms with Gasteiger partial charge in [0.15, 0.2) is 0 Å². The highest BCUT2D eigenvalue weighted by molar-refractivity contribution is 5.83. The van der Waals surface area contributed by atoms with Gasteiger partial charge in [0.1, 0.15) is 12.4 Å². The zero-order valence-electron chi connectivity index (χ0n) is 15.3. The molecule has 5 nitrogen and oxygen atoms in total. The molecule has 4 aromatic rings. The van der Waals surface area contributed by atoms with E-state index in [-0.39, 0.29) is 6.04 Å². The maximum Gasteiger partial charge on any atom is 0.138 e. The number of benzene rings is 2. The number of fused-ring (bicyclic) bond motifs is 1. The number of aromatic nitrogens is 2. The molecule has 0 aliphatic carbocycles. The van der Waals surface area contributed by atoms with Gasteiger partial charge in [-0.25, -0.2) is 0 Å². The SMILES string of the molecule is N#Cc1ccc(-c2cncc(OC[C@H](N)Cc3c[nH]c4ccccc34)c2)cc1. The Hall–Kier alpha value is -3.62. The Kier molecular flexibility index (Phi) is 5.05. The van der Waals surface area contributed by atoms with Gasteiger partial charge in [-0.1, -0.05) is 30.3 Å². The number of nitriles is 1. The highest BCUT2D eigenvalue weighted by Gasteiger charge is 2.10. The first kappa shape index (κ1) is 17.8. The lowest BCUT2D eigenvalue weighted by atomic mass is 10.1. The average molecular weight is 368 g/mol. The van der Waals surface area contributed by atoms with Crippen molar-refractivity contribution >= 4 is 10.9 Å². The van der Waals surface area contributed by atoms with E-state index in [4.69, 9.17) is 15.7 Å². The van der Waals surface area contributed by atoms with Crippen LogP contribution in [0, 0.1) is 11.3 Å². The van der Waals surface area contributed by atoms with E-state index >= 15 is 0 Å². The van der Waals surface area contributed by atoms with Crippen LogP contribution in [0.1, 0.15) is 11.1 Å². The fraction of sp³-hybridized carbons (Fsp3) is 0.130. The second kappa shape index (κ2) is 7.95. The van der Waals surface area contributed by atoms with Crippen LogP contribution in [-0.2, 0) is 6.42 Å². The minimum absolute atomic E-state index is 0.127. The molecule has 5 heteroatoms. The molecule has 2 aromatic heterocycles. The van der Waals surface area contributed by atoms with Crippen LogP contribution < -0.4 is 10.5 Å². The van der Waals surface area contributed by atoms with E-state index in [1.54, 1.807) is 24.5 Å². The van der Waals surface area contributed by atoms with Gasteiger partial charge in [-0.3, -0.25) is 4.98 Å². The fourth-order valence-corrected chi connectivity index (χ4v) is 3.24. The van der Waals surface area contributed by atoms with E-state index in [0.717, 1.165) is 23.1 Å². The molecule has 0 radical (unpaired) electrons. The van der Waals surface area contributed by atoms with Crippen LogP contribution in [0.3, 0.4) is 0 Å². The molecule has 3 N–H and O–H groups in total. The molecule has 0 aliphatic rings. The standard InChI is InChI=1S/C23H20N4O/c24-11-16-5-7-17(8-6-16)18-10-21(14-26-12-18)28-15-20(25)9-19-13-27-23-4-2-1-3-22(19)23/h1-8,10,12-14,20,27H,9,15,25H2/t20-/m1/s1. The molecule has 0 saturated carbocycles. The van der Waals surface area contributed by atoms with E-state index in [2.05, 4.69) is 28.2 Å². The summed E-state index contributed by atoms with van der Waals surface area (Å²) in [5.41, 5.74) is 11.2. The Bertz CT molecular complexity index is 1130. The molecular formula is C23H20N4O. The van der Waals surface area contributed by atoms with Crippen LogP contribution in [-0.4, -0.2) is 22.6 Å². The lowest BCUT2D eigenvalue weighted by molar-refractivity contribution is 0.287. The number of nitrogens with zero attached hydrogens (tertiary/aromatic N) is 2. The van der Waals surface area contributed by atoms with Gasteiger partial charge in [-0.2, -0.15) is 5.26 Å². The molecule has 0 unspecified atom stereocenters. The Morgan fingerprint density at radius 3 is 2.71 bits per heavy atom. The zero-order chi connectivity index (χ0) is 19.3. The number of para-hydroxylation sites is 1. The summed E-state index contributed by atoms with van der Waals surface area (Å²) >= 11 is 0. The molecule has 4 rings (SSSR count). The molecular weight excluding hydrogens is 348 g/mol. The number of H-pyrrole nitrogens is 1. The molecule has 138 valence electrons. The number of pyridine rings is 1. The van der Waals surface area contributed by atoms with Gasteiger partial charge in [-0.15, -0.1) is 0 Å². The minimum atomic E-state index is -0.127. The highest BCUT2D eigenvalue weighted by Crippen LogP contribution is 2.23. The van der Waals surface area contributed by atoms with Crippen LogP contribution in [0.15, 0.2) is 73.2 Å². The van der Waals surface area contributed by atoms with Gasteiger partial charge in [0.25, 0.3) is 0 Å². The number of hydrogen-bond acceptors (Lipinski definition) is 4. The van der Waals surface area contributed by atoms with Crippen molar-refractivity contribution in [3.63, 3.8) is 0 Å². The smallest absolute Gasteiger partial charge is 0.138 e. The van der Waals surface area contributed by atoms with Crippen LogP contribution >= 0.6 is 0 Å². The number of ether oxygens (including phenoxy) is 1. The van der Waals surface area contributed by atoms with Crippen molar-refractivity contribution in [3.05, 3.63) is 84.3 Å². The molecule has 28 heavy (non-hydrogen) atoms. The van der Waals surface area contributed by atoms with Gasteiger partial charge >= 0.3 is 0 Å². The van der Waals surface area contributed by atoms with E-state index in [9.17, 15) is 0 Å². The quantitative estimate of drug-likeness (QED) is 0.537.